The Labute approximate surface area is 186 Å². The monoisotopic (exact) mass is 502 g/mol. The zero-order valence-corrected chi connectivity index (χ0v) is 18.6. The fourth-order valence-electron chi connectivity index (χ4n) is 4.44. The van der Waals surface area contributed by atoms with E-state index in [-0.39, 0.29) is 5.78 Å². The molecule has 0 atom stereocenters. The number of fused-ring (bicyclic) bond motifs is 3. The zero-order chi connectivity index (χ0) is 20.0. The van der Waals surface area contributed by atoms with Crippen molar-refractivity contribution in [1.82, 2.24) is 0 Å². The summed E-state index contributed by atoms with van der Waals surface area (Å²) in [7, 11) is 0. The predicted molar refractivity (Wildman–Crippen MR) is 124 cm³/mol. The minimum Gasteiger partial charge on any atom is -0.292 e. The lowest BCUT2D eigenvalue weighted by atomic mass is 9.60. The Kier molecular flexibility index (Phi) is 4.53. The summed E-state index contributed by atoms with van der Waals surface area (Å²) >= 11 is 7.21. The molecule has 1 aliphatic rings. The van der Waals surface area contributed by atoms with Crippen molar-refractivity contribution in [3.63, 3.8) is 0 Å². The van der Waals surface area contributed by atoms with Crippen molar-refractivity contribution in [2.45, 2.75) is 5.41 Å². The summed E-state index contributed by atoms with van der Waals surface area (Å²) in [6.45, 7) is 0. The van der Waals surface area contributed by atoms with E-state index in [0.717, 1.165) is 42.3 Å². The van der Waals surface area contributed by atoms with Crippen LogP contribution in [0.2, 0.25) is 0 Å². The van der Waals surface area contributed by atoms with Crippen LogP contribution >= 0.6 is 31.9 Å². The van der Waals surface area contributed by atoms with E-state index in [2.05, 4.69) is 68.3 Å². The van der Waals surface area contributed by atoms with E-state index in [4.69, 9.17) is 0 Å². The van der Waals surface area contributed by atoms with Crippen LogP contribution in [0.3, 0.4) is 0 Å². The summed E-state index contributed by atoms with van der Waals surface area (Å²) in [5.41, 5.74) is 4.85. The van der Waals surface area contributed by atoms with Gasteiger partial charge in [0.2, 0.25) is 0 Å². The van der Waals surface area contributed by atoms with Gasteiger partial charge < -0.3 is 0 Å². The summed E-state index contributed by atoms with van der Waals surface area (Å²) in [4.78, 5) is 14.3. The molecule has 4 aromatic rings. The van der Waals surface area contributed by atoms with Crippen molar-refractivity contribution in [3.05, 3.63) is 128 Å². The third kappa shape index (κ3) is 2.76. The zero-order valence-electron chi connectivity index (χ0n) is 15.4. The molecule has 29 heavy (non-hydrogen) atoms. The topological polar surface area (TPSA) is 17.1 Å². The van der Waals surface area contributed by atoms with Crippen LogP contribution in [0.15, 0.2) is 106 Å². The van der Waals surface area contributed by atoms with E-state index in [1.165, 1.54) is 0 Å². The largest absolute Gasteiger partial charge is 0.292 e. The number of carbonyl (C=O) groups is 1. The van der Waals surface area contributed by atoms with Gasteiger partial charge in [-0.25, -0.2) is 0 Å². The standard InChI is InChI=1S/C26H16Br2O/c27-19-11-13-21-22(15-19)23-16-20(28)12-14-24(23)26(25(21)29,17-7-3-1-4-8-17)18-9-5-2-6-10-18/h1-16H. The Balaban J connectivity index is 1.97. The molecule has 0 saturated carbocycles. The van der Waals surface area contributed by atoms with Crippen molar-refractivity contribution >= 4 is 37.6 Å². The van der Waals surface area contributed by atoms with E-state index in [0.29, 0.717) is 0 Å². The van der Waals surface area contributed by atoms with Crippen LogP contribution in [0.5, 0.6) is 0 Å². The molecule has 0 bridgehead atoms. The molecule has 0 saturated heterocycles. The third-order valence-corrected chi connectivity index (χ3v) is 6.64. The van der Waals surface area contributed by atoms with E-state index < -0.39 is 5.41 Å². The lowest BCUT2D eigenvalue weighted by Gasteiger charge is -2.40. The molecule has 4 aromatic carbocycles. The second kappa shape index (κ2) is 7.08. The van der Waals surface area contributed by atoms with E-state index in [9.17, 15) is 4.79 Å². The van der Waals surface area contributed by atoms with Crippen molar-refractivity contribution in [3.8, 4) is 11.1 Å². The Bertz CT molecular complexity index is 1190. The lowest BCUT2D eigenvalue weighted by Crippen LogP contribution is -2.41. The first kappa shape index (κ1) is 18.5. The number of Topliss-reactive ketones (excluding diaryl/α,β-unsaturated/α-hetero) is 1. The molecule has 3 heteroatoms. The highest BCUT2D eigenvalue weighted by atomic mass is 79.9. The Morgan fingerprint density at radius 3 is 1.66 bits per heavy atom. The second-order valence-electron chi connectivity index (χ2n) is 7.19. The summed E-state index contributed by atoms with van der Waals surface area (Å²) in [5, 5.41) is 0. The minimum atomic E-state index is -0.890. The Hall–Kier alpha value is -2.49. The summed E-state index contributed by atoms with van der Waals surface area (Å²) in [6.07, 6.45) is 0. The second-order valence-corrected chi connectivity index (χ2v) is 9.02. The summed E-state index contributed by atoms with van der Waals surface area (Å²) in [6, 6.07) is 32.4. The van der Waals surface area contributed by atoms with Crippen molar-refractivity contribution in [1.29, 1.82) is 0 Å². The van der Waals surface area contributed by atoms with Gasteiger partial charge in [-0.3, -0.25) is 4.79 Å². The highest BCUT2D eigenvalue weighted by Crippen LogP contribution is 2.51. The van der Waals surface area contributed by atoms with Gasteiger partial charge in [0.25, 0.3) is 0 Å². The predicted octanol–water partition coefficient (Wildman–Crippen LogP) is 7.41. The maximum atomic E-state index is 14.3. The van der Waals surface area contributed by atoms with Crippen LogP contribution in [0.25, 0.3) is 11.1 Å². The van der Waals surface area contributed by atoms with Crippen LogP contribution in [-0.4, -0.2) is 5.78 Å². The van der Waals surface area contributed by atoms with Gasteiger partial charge in [0.15, 0.2) is 5.78 Å². The molecule has 0 fully saturated rings. The Morgan fingerprint density at radius 2 is 1.07 bits per heavy atom. The first-order valence-electron chi connectivity index (χ1n) is 9.38. The molecule has 0 radical (unpaired) electrons. The van der Waals surface area contributed by atoms with Gasteiger partial charge in [-0.15, -0.1) is 0 Å². The number of rotatable bonds is 2. The maximum Gasteiger partial charge on any atom is 0.182 e. The molecule has 0 spiro atoms. The minimum absolute atomic E-state index is 0.104. The summed E-state index contributed by atoms with van der Waals surface area (Å²) in [5.74, 6) is 0.104. The van der Waals surface area contributed by atoms with Gasteiger partial charge in [0.1, 0.15) is 5.41 Å². The van der Waals surface area contributed by atoms with E-state index in [1.807, 2.05) is 60.7 Å². The fraction of sp³-hybridized carbons (Fsp3) is 0.0385. The highest BCUT2D eigenvalue weighted by molar-refractivity contribution is 9.10. The van der Waals surface area contributed by atoms with Crippen LogP contribution in [0, 0.1) is 0 Å². The maximum absolute atomic E-state index is 14.3. The van der Waals surface area contributed by atoms with Gasteiger partial charge >= 0.3 is 0 Å². The first-order valence-corrected chi connectivity index (χ1v) is 11.0. The number of ketones is 1. The molecule has 140 valence electrons. The van der Waals surface area contributed by atoms with Gasteiger partial charge in [0.05, 0.1) is 0 Å². The fourth-order valence-corrected chi connectivity index (χ4v) is 5.17. The molecule has 1 nitrogen and oxygen atoms in total. The average Bonchev–Trinajstić information content (AvgIpc) is 2.76. The molecule has 1 aliphatic carbocycles. The molecule has 0 aromatic heterocycles. The molecular weight excluding hydrogens is 488 g/mol. The molecule has 0 N–H and O–H groups in total. The van der Waals surface area contributed by atoms with Gasteiger partial charge in [-0.2, -0.15) is 0 Å². The third-order valence-electron chi connectivity index (χ3n) is 5.66. The van der Waals surface area contributed by atoms with Gasteiger partial charge in [0, 0.05) is 14.5 Å². The molecule has 0 unspecified atom stereocenters. The van der Waals surface area contributed by atoms with E-state index in [1.54, 1.807) is 0 Å². The summed E-state index contributed by atoms with van der Waals surface area (Å²) < 4.78 is 1.95. The van der Waals surface area contributed by atoms with E-state index >= 15 is 0 Å². The van der Waals surface area contributed by atoms with Crippen molar-refractivity contribution in [2.75, 3.05) is 0 Å². The average molecular weight is 504 g/mol. The number of halogens is 2. The van der Waals surface area contributed by atoms with Gasteiger partial charge in [-0.1, -0.05) is 98.6 Å². The first-order chi connectivity index (χ1) is 14.1. The smallest absolute Gasteiger partial charge is 0.182 e. The van der Waals surface area contributed by atoms with Crippen LogP contribution in [0.4, 0.5) is 0 Å². The number of carbonyl (C=O) groups excluding carboxylic acids is 1. The van der Waals surface area contributed by atoms with Crippen LogP contribution < -0.4 is 0 Å². The quantitative estimate of drug-likeness (QED) is 0.278. The molecule has 0 amide bonds. The molecule has 5 rings (SSSR count). The number of hydrogen-bond donors (Lipinski definition) is 0. The normalized spacial score (nSPS) is 14.2. The number of benzene rings is 4. The lowest BCUT2D eigenvalue weighted by molar-refractivity contribution is 0.0933. The molecule has 0 aliphatic heterocycles. The highest BCUT2D eigenvalue weighted by Gasteiger charge is 2.48. The SMILES string of the molecule is O=C1c2ccc(Br)cc2-c2cc(Br)ccc2C1(c1ccccc1)c1ccccc1. The van der Waals surface area contributed by atoms with Gasteiger partial charge in [-0.05, 0) is 58.1 Å². The van der Waals surface area contributed by atoms with Crippen molar-refractivity contribution < 1.29 is 4.79 Å². The van der Waals surface area contributed by atoms with Crippen LogP contribution in [0.1, 0.15) is 27.0 Å². The molecule has 0 heterocycles. The van der Waals surface area contributed by atoms with Crippen LogP contribution in [-0.2, 0) is 5.41 Å². The van der Waals surface area contributed by atoms with Crippen molar-refractivity contribution in [2.24, 2.45) is 0 Å². The Morgan fingerprint density at radius 1 is 0.552 bits per heavy atom. The number of hydrogen-bond acceptors (Lipinski definition) is 1. The molecular formula is C26H16Br2O.